The molecule has 0 amide bonds. The molecule has 6 nitrogen and oxygen atoms in total. The Kier molecular flexibility index (Phi) is 6.41. The molecule has 0 radical (unpaired) electrons. The second-order valence-electron chi connectivity index (χ2n) is 6.43. The van der Waals surface area contributed by atoms with Crippen LogP contribution in [0.1, 0.15) is 24.8 Å². The predicted molar refractivity (Wildman–Crippen MR) is 108 cm³/mol. The number of aliphatic imine (C=N–C) groups is 1. The van der Waals surface area contributed by atoms with Crippen molar-refractivity contribution in [2.75, 3.05) is 39.2 Å². The minimum atomic E-state index is 0.267. The first kappa shape index (κ1) is 18.9. The summed E-state index contributed by atoms with van der Waals surface area (Å²) in [5.41, 5.74) is 2.07. The lowest BCUT2D eigenvalue weighted by Crippen LogP contribution is -2.33. The van der Waals surface area contributed by atoms with Gasteiger partial charge in [-0.25, -0.2) is 0 Å². The molecule has 2 aromatic carbocycles. The molecule has 0 saturated heterocycles. The number of rotatable bonds is 5. The van der Waals surface area contributed by atoms with Crippen molar-refractivity contribution in [2.24, 2.45) is 4.99 Å². The number of fused-ring (bicyclic) bond motifs is 1. The lowest BCUT2D eigenvalue weighted by atomic mass is 10.0. The molecule has 2 aromatic rings. The quantitative estimate of drug-likeness (QED) is 0.622. The zero-order valence-corrected chi connectivity index (χ0v) is 16.1. The molecule has 0 aromatic heterocycles. The molecular weight excluding hydrogens is 342 g/mol. The van der Waals surface area contributed by atoms with Crippen molar-refractivity contribution in [3.05, 3.63) is 48.0 Å². The Morgan fingerprint density at radius 3 is 2.70 bits per heavy atom. The lowest BCUT2D eigenvalue weighted by Gasteiger charge is -2.18. The van der Waals surface area contributed by atoms with Crippen molar-refractivity contribution in [3.63, 3.8) is 0 Å². The number of ether oxygens (including phenoxy) is 3. The monoisotopic (exact) mass is 369 g/mol. The third-order valence-corrected chi connectivity index (χ3v) is 4.48. The zero-order chi connectivity index (χ0) is 19.1. The highest BCUT2D eigenvalue weighted by atomic mass is 16.5. The van der Waals surface area contributed by atoms with Gasteiger partial charge in [-0.2, -0.15) is 0 Å². The van der Waals surface area contributed by atoms with Crippen LogP contribution in [0, 0.1) is 0 Å². The van der Waals surface area contributed by atoms with E-state index in [0.29, 0.717) is 19.2 Å². The van der Waals surface area contributed by atoms with Crippen LogP contribution in [0.15, 0.2) is 47.5 Å². The maximum Gasteiger partial charge on any atom is 0.195 e. The third-order valence-electron chi connectivity index (χ3n) is 4.48. The van der Waals surface area contributed by atoms with Crippen molar-refractivity contribution < 1.29 is 14.2 Å². The number of hydrogen-bond donors (Lipinski definition) is 2. The molecule has 0 aliphatic carbocycles. The van der Waals surface area contributed by atoms with Crippen LogP contribution in [0.25, 0.3) is 0 Å². The van der Waals surface area contributed by atoms with Gasteiger partial charge in [0, 0.05) is 37.7 Å². The van der Waals surface area contributed by atoms with Gasteiger partial charge in [0.05, 0.1) is 20.3 Å². The highest BCUT2D eigenvalue weighted by Gasteiger charge is 2.13. The molecule has 0 bridgehead atoms. The molecule has 3 rings (SSSR count). The average Bonchev–Trinajstić information content (AvgIpc) is 2.95. The van der Waals surface area contributed by atoms with Crippen LogP contribution >= 0.6 is 0 Å². The normalized spacial score (nSPS) is 14.9. The van der Waals surface area contributed by atoms with E-state index in [-0.39, 0.29) is 5.92 Å². The van der Waals surface area contributed by atoms with E-state index in [1.54, 1.807) is 14.2 Å². The van der Waals surface area contributed by atoms with Crippen LogP contribution in [0.3, 0.4) is 0 Å². The molecule has 27 heavy (non-hydrogen) atoms. The Labute approximate surface area is 160 Å². The van der Waals surface area contributed by atoms with Crippen LogP contribution in [0.5, 0.6) is 17.2 Å². The van der Waals surface area contributed by atoms with Gasteiger partial charge in [0.1, 0.15) is 5.75 Å². The van der Waals surface area contributed by atoms with Crippen LogP contribution < -0.4 is 24.8 Å². The first-order chi connectivity index (χ1) is 13.2. The molecule has 6 heteroatoms. The van der Waals surface area contributed by atoms with E-state index < -0.39 is 0 Å². The number of anilines is 1. The second kappa shape index (κ2) is 9.16. The number of nitrogens with zero attached hydrogens (tertiary/aromatic N) is 1. The Morgan fingerprint density at radius 2 is 1.93 bits per heavy atom. The van der Waals surface area contributed by atoms with Crippen molar-refractivity contribution in [1.29, 1.82) is 0 Å². The van der Waals surface area contributed by atoms with E-state index in [2.05, 4.69) is 28.6 Å². The number of methoxy groups -OCH3 is 1. The number of hydrogen-bond acceptors (Lipinski definition) is 4. The molecule has 1 aliphatic rings. The van der Waals surface area contributed by atoms with Gasteiger partial charge in [0.25, 0.3) is 0 Å². The number of guanidine groups is 1. The van der Waals surface area contributed by atoms with Crippen molar-refractivity contribution in [3.8, 4) is 17.2 Å². The fourth-order valence-corrected chi connectivity index (χ4v) is 2.99. The van der Waals surface area contributed by atoms with Crippen LogP contribution in [0.4, 0.5) is 5.69 Å². The molecular formula is C21H27N3O3. The summed E-state index contributed by atoms with van der Waals surface area (Å²) in [7, 11) is 3.45. The molecule has 1 atom stereocenters. The predicted octanol–water partition coefficient (Wildman–Crippen LogP) is 3.65. The SMILES string of the molecule is CN=C(NCC(C)c1ccccc1OC)Nc1ccc2c(c1)OCCCO2. The number of benzene rings is 2. The van der Waals surface area contributed by atoms with Crippen LogP contribution in [-0.2, 0) is 0 Å². The van der Waals surface area contributed by atoms with Gasteiger partial charge in [-0.3, -0.25) is 4.99 Å². The Morgan fingerprint density at radius 1 is 1.15 bits per heavy atom. The highest BCUT2D eigenvalue weighted by molar-refractivity contribution is 5.93. The van der Waals surface area contributed by atoms with E-state index in [1.807, 2.05) is 36.4 Å². The van der Waals surface area contributed by atoms with E-state index in [0.717, 1.165) is 35.9 Å². The smallest absolute Gasteiger partial charge is 0.195 e. The third kappa shape index (κ3) is 4.84. The topological polar surface area (TPSA) is 64.1 Å². The van der Waals surface area contributed by atoms with Gasteiger partial charge >= 0.3 is 0 Å². The highest BCUT2D eigenvalue weighted by Crippen LogP contribution is 2.32. The average molecular weight is 369 g/mol. The fraction of sp³-hybridized carbons (Fsp3) is 0.381. The summed E-state index contributed by atoms with van der Waals surface area (Å²) in [6, 6.07) is 13.9. The fourth-order valence-electron chi connectivity index (χ4n) is 2.99. The van der Waals surface area contributed by atoms with Gasteiger partial charge in [0.15, 0.2) is 17.5 Å². The van der Waals surface area contributed by atoms with Gasteiger partial charge in [-0.05, 0) is 23.8 Å². The summed E-state index contributed by atoms with van der Waals surface area (Å²) in [5.74, 6) is 3.41. The van der Waals surface area contributed by atoms with Gasteiger partial charge < -0.3 is 24.8 Å². The summed E-state index contributed by atoms with van der Waals surface area (Å²) in [4.78, 5) is 4.31. The molecule has 2 N–H and O–H groups in total. The minimum absolute atomic E-state index is 0.267. The van der Waals surface area contributed by atoms with Gasteiger partial charge in [-0.15, -0.1) is 0 Å². The van der Waals surface area contributed by atoms with E-state index in [4.69, 9.17) is 14.2 Å². The summed E-state index contributed by atoms with van der Waals surface area (Å²) < 4.78 is 16.9. The number of para-hydroxylation sites is 1. The minimum Gasteiger partial charge on any atom is -0.496 e. The second-order valence-corrected chi connectivity index (χ2v) is 6.43. The molecule has 1 unspecified atom stereocenters. The van der Waals surface area contributed by atoms with Crippen molar-refractivity contribution in [1.82, 2.24) is 5.32 Å². The zero-order valence-electron chi connectivity index (χ0n) is 16.1. The van der Waals surface area contributed by atoms with E-state index >= 15 is 0 Å². The van der Waals surface area contributed by atoms with Crippen LogP contribution in [0.2, 0.25) is 0 Å². The maximum absolute atomic E-state index is 5.75. The molecule has 1 aliphatic heterocycles. The van der Waals surface area contributed by atoms with Gasteiger partial charge in [-0.1, -0.05) is 25.1 Å². The van der Waals surface area contributed by atoms with E-state index in [1.165, 1.54) is 5.56 Å². The molecule has 0 fully saturated rings. The summed E-state index contributed by atoms with van der Waals surface area (Å²) in [5, 5.41) is 6.68. The van der Waals surface area contributed by atoms with Crippen LogP contribution in [-0.4, -0.2) is 39.9 Å². The first-order valence-corrected chi connectivity index (χ1v) is 9.21. The largest absolute Gasteiger partial charge is 0.496 e. The van der Waals surface area contributed by atoms with Crippen molar-refractivity contribution >= 4 is 11.6 Å². The molecule has 1 heterocycles. The first-order valence-electron chi connectivity index (χ1n) is 9.21. The van der Waals surface area contributed by atoms with E-state index in [9.17, 15) is 0 Å². The Bertz CT molecular complexity index is 792. The standard InChI is InChI=1S/C21H27N3O3/c1-15(17-7-4-5-8-18(17)25-3)14-23-21(22-2)24-16-9-10-19-20(13-16)27-12-6-11-26-19/h4-5,7-10,13,15H,6,11-12,14H2,1-3H3,(H2,22,23,24). The summed E-state index contributed by atoms with van der Waals surface area (Å²) >= 11 is 0. The number of nitrogens with one attached hydrogen (secondary N) is 2. The molecule has 0 spiro atoms. The molecule has 0 saturated carbocycles. The van der Waals surface area contributed by atoms with Crippen molar-refractivity contribution in [2.45, 2.75) is 19.3 Å². The Balaban J connectivity index is 1.62. The summed E-state index contributed by atoms with van der Waals surface area (Å²) in [6.45, 7) is 4.24. The van der Waals surface area contributed by atoms with Gasteiger partial charge in [0.2, 0.25) is 0 Å². The maximum atomic E-state index is 5.75. The summed E-state index contributed by atoms with van der Waals surface area (Å²) in [6.07, 6.45) is 0.890. The Hall–Kier alpha value is -2.89. The molecule has 144 valence electrons. The lowest BCUT2D eigenvalue weighted by molar-refractivity contribution is 0.297.